The first-order valence-electron chi connectivity index (χ1n) is 9.04. The van der Waals surface area contributed by atoms with Crippen molar-refractivity contribution in [1.29, 1.82) is 0 Å². The smallest absolute Gasteiger partial charge is 0.274 e. The summed E-state index contributed by atoms with van der Waals surface area (Å²) >= 11 is 0. The van der Waals surface area contributed by atoms with E-state index in [2.05, 4.69) is 15.4 Å². The van der Waals surface area contributed by atoms with Crippen molar-refractivity contribution in [3.05, 3.63) is 30.4 Å². The number of β-amino-alcohol motifs (C(OH)–C–C–N with tert-alkyl or cyclic N) is 1. The van der Waals surface area contributed by atoms with Gasteiger partial charge in [0.1, 0.15) is 11.3 Å². The summed E-state index contributed by atoms with van der Waals surface area (Å²) in [5.74, 6) is -0.103. The number of rotatable bonds is 4. The van der Waals surface area contributed by atoms with Gasteiger partial charge in [-0.05, 0) is 31.7 Å². The Morgan fingerprint density at radius 3 is 2.88 bits per heavy atom. The Hall–Kier alpha value is -2.22. The van der Waals surface area contributed by atoms with Gasteiger partial charge in [-0.2, -0.15) is 5.10 Å². The molecule has 0 spiro atoms. The molecule has 1 saturated heterocycles. The lowest BCUT2D eigenvalue weighted by molar-refractivity contribution is -0.0388. The van der Waals surface area contributed by atoms with Gasteiger partial charge in [0.05, 0.1) is 25.3 Å². The van der Waals surface area contributed by atoms with Gasteiger partial charge in [0.15, 0.2) is 0 Å². The molecule has 4 rings (SSSR count). The van der Waals surface area contributed by atoms with Crippen LogP contribution in [0.2, 0.25) is 0 Å². The largest absolute Gasteiger partial charge is 0.386 e. The van der Waals surface area contributed by atoms with Crippen LogP contribution in [-0.4, -0.2) is 59.4 Å². The van der Waals surface area contributed by atoms with Gasteiger partial charge in [0.25, 0.3) is 5.91 Å². The molecule has 1 amide bonds. The average Bonchev–Trinajstić information content (AvgIpc) is 3.35. The number of hydrogen-bond donors (Lipinski definition) is 1. The molecule has 25 heavy (non-hydrogen) atoms. The predicted molar refractivity (Wildman–Crippen MR) is 89.8 cm³/mol. The predicted octanol–water partition coefficient (Wildman–Crippen LogP) is 1.26. The highest BCUT2D eigenvalue weighted by Gasteiger charge is 2.36. The maximum atomic E-state index is 12.8. The van der Waals surface area contributed by atoms with Crippen molar-refractivity contribution in [3.63, 3.8) is 0 Å². The van der Waals surface area contributed by atoms with Crippen LogP contribution in [0.15, 0.2) is 24.7 Å². The Labute approximate surface area is 146 Å². The summed E-state index contributed by atoms with van der Waals surface area (Å²) in [5.41, 5.74) is -0.507. The van der Waals surface area contributed by atoms with E-state index in [1.165, 1.54) is 12.8 Å². The number of carbonyl (C=O) groups excluding carboxylic acids is 1. The van der Waals surface area contributed by atoms with Crippen molar-refractivity contribution in [2.75, 3.05) is 13.1 Å². The van der Waals surface area contributed by atoms with E-state index in [0.29, 0.717) is 37.8 Å². The summed E-state index contributed by atoms with van der Waals surface area (Å²) in [6.07, 6.45) is 11.4. The maximum Gasteiger partial charge on any atom is 0.274 e. The van der Waals surface area contributed by atoms with Crippen LogP contribution >= 0.6 is 0 Å². The summed E-state index contributed by atoms with van der Waals surface area (Å²) in [6.45, 7) is 1.28. The fraction of sp³-hybridized carbons (Fsp3) is 0.647. The summed E-state index contributed by atoms with van der Waals surface area (Å²) in [7, 11) is 0. The number of aliphatic hydroxyl groups is 1. The normalized spacial score (nSPS) is 24.8. The van der Waals surface area contributed by atoms with Crippen LogP contribution in [0, 0.1) is 0 Å². The second-order valence-electron chi connectivity index (χ2n) is 7.27. The van der Waals surface area contributed by atoms with E-state index in [0.717, 1.165) is 19.3 Å². The fourth-order valence-corrected chi connectivity index (χ4v) is 4.02. The van der Waals surface area contributed by atoms with E-state index in [1.807, 2.05) is 10.9 Å². The second kappa shape index (κ2) is 6.59. The first-order chi connectivity index (χ1) is 12.1. The summed E-state index contributed by atoms with van der Waals surface area (Å²) in [4.78, 5) is 14.5. The monoisotopic (exact) mass is 344 g/mol. The van der Waals surface area contributed by atoms with E-state index in [9.17, 15) is 9.90 Å². The number of amides is 1. The van der Waals surface area contributed by atoms with Gasteiger partial charge in [-0.3, -0.25) is 9.48 Å². The molecule has 1 aliphatic heterocycles. The second-order valence-corrected chi connectivity index (χ2v) is 7.27. The summed E-state index contributed by atoms with van der Waals surface area (Å²) in [5, 5.41) is 23.1. The highest BCUT2D eigenvalue weighted by Crippen LogP contribution is 2.29. The lowest BCUT2D eigenvalue weighted by Gasteiger charge is -2.38. The Bertz CT molecular complexity index is 721. The molecule has 2 aromatic heterocycles. The minimum absolute atomic E-state index is 0.103. The highest BCUT2D eigenvalue weighted by molar-refractivity contribution is 5.92. The van der Waals surface area contributed by atoms with E-state index in [-0.39, 0.29) is 5.91 Å². The van der Waals surface area contributed by atoms with E-state index >= 15 is 0 Å². The molecule has 0 aromatic carbocycles. The van der Waals surface area contributed by atoms with Crippen LogP contribution in [0.25, 0.3) is 0 Å². The fourth-order valence-electron chi connectivity index (χ4n) is 4.02. The van der Waals surface area contributed by atoms with Crippen molar-refractivity contribution < 1.29 is 9.90 Å². The Morgan fingerprint density at radius 2 is 2.12 bits per heavy atom. The molecule has 1 atom stereocenters. The quantitative estimate of drug-likeness (QED) is 0.902. The third-order valence-corrected chi connectivity index (χ3v) is 5.30. The van der Waals surface area contributed by atoms with Crippen LogP contribution < -0.4 is 0 Å². The molecule has 1 unspecified atom stereocenters. The molecule has 1 N–H and O–H groups in total. The molecule has 8 nitrogen and oxygen atoms in total. The molecule has 0 radical (unpaired) electrons. The van der Waals surface area contributed by atoms with Gasteiger partial charge < -0.3 is 10.0 Å². The molecular weight excluding hydrogens is 320 g/mol. The lowest BCUT2D eigenvalue weighted by Crippen LogP contribution is -2.52. The minimum Gasteiger partial charge on any atom is -0.386 e. The van der Waals surface area contributed by atoms with Crippen molar-refractivity contribution >= 4 is 5.91 Å². The standard InChI is InChI=1S/C17H24N6O2/c24-16(15-6-10-23(19-15)14-4-1-2-5-14)21-9-3-7-17(25,12-21)13-22-11-8-18-20-22/h6,8,10-11,14,25H,1-5,7,9,12-13H2. The molecule has 134 valence electrons. The van der Waals surface area contributed by atoms with Crippen LogP contribution in [0.4, 0.5) is 0 Å². The molecule has 1 aliphatic carbocycles. The zero-order valence-electron chi connectivity index (χ0n) is 14.3. The van der Waals surface area contributed by atoms with Crippen LogP contribution in [0.1, 0.15) is 55.1 Å². The zero-order valence-corrected chi connectivity index (χ0v) is 14.3. The molecule has 2 fully saturated rings. The molecule has 0 bridgehead atoms. The molecule has 1 saturated carbocycles. The first-order valence-corrected chi connectivity index (χ1v) is 9.04. The van der Waals surface area contributed by atoms with Gasteiger partial charge in [-0.1, -0.05) is 18.1 Å². The topological polar surface area (TPSA) is 89.1 Å². The third-order valence-electron chi connectivity index (χ3n) is 5.30. The Balaban J connectivity index is 1.44. The zero-order chi connectivity index (χ0) is 17.3. The van der Waals surface area contributed by atoms with Gasteiger partial charge >= 0.3 is 0 Å². The van der Waals surface area contributed by atoms with Gasteiger partial charge in [0.2, 0.25) is 0 Å². The van der Waals surface area contributed by atoms with Crippen LogP contribution in [0.3, 0.4) is 0 Å². The Kier molecular flexibility index (Phi) is 4.29. The number of aromatic nitrogens is 5. The maximum absolute atomic E-state index is 12.8. The van der Waals surface area contributed by atoms with Gasteiger partial charge in [-0.15, -0.1) is 5.10 Å². The molecule has 2 aliphatic rings. The number of hydrogen-bond acceptors (Lipinski definition) is 5. The third kappa shape index (κ3) is 3.44. The van der Waals surface area contributed by atoms with E-state index in [4.69, 9.17) is 0 Å². The first kappa shape index (κ1) is 16.3. The minimum atomic E-state index is -0.977. The van der Waals surface area contributed by atoms with Crippen LogP contribution in [-0.2, 0) is 6.54 Å². The van der Waals surface area contributed by atoms with Crippen LogP contribution in [0.5, 0.6) is 0 Å². The highest BCUT2D eigenvalue weighted by atomic mass is 16.3. The number of piperidine rings is 1. The van der Waals surface area contributed by atoms with Crippen molar-refractivity contribution in [2.45, 2.75) is 56.7 Å². The molecule has 2 aromatic rings. The lowest BCUT2D eigenvalue weighted by atomic mass is 9.92. The Morgan fingerprint density at radius 1 is 1.28 bits per heavy atom. The number of carbonyl (C=O) groups is 1. The summed E-state index contributed by atoms with van der Waals surface area (Å²) in [6, 6.07) is 2.22. The SMILES string of the molecule is O=C(c1ccn(C2CCCC2)n1)N1CCCC(O)(Cn2ccnn2)C1. The number of nitrogens with zero attached hydrogens (tertiary/aromatic N) is 6. The van der Waals surface area contributed by atoms with E-state index in [1.54, 1.807) is 28.0 Å². The molecule has 8 heteroatoms. The van der Waals surface area contributed by atoms with Crippen molar-refractivity contribution in [2.24, 2.45) is 0 Å². The average molecular weight is 344 g/mol. The molecular formula is C17H24N6O2. The van der Waals surface area contributed by atoms with Crippen molar-refractivity contribution in [1.82, 2.24) is 29.7 Å². The van der Waals surface area contributed by atoms with Gasteiger partial charge in [-0.25, -0.2) is 4.68 Å². The number of likely N-dealkylation sites (tertiary alicyclic amines) is 1. The molecule has 3 heterocycles. The van der Waals surface area contributed by atoms with Gasteiger partial charge in [0, 0.05) is 18.9 Å². The summed E-state index contributed by atoms with van der Waals surface area (Å²) < 4.78 is 3.55. The van der Waals surface area contributed by atoms with Crippen molar-refractivity contribution in [3.8, 4) is 0 Å². The van der Waals surface area contributed by atoms with E-state index < -0.39 is 5.60 Å².